The summed E-state index contributed by atoms with van der Waals surface area (Å²) < 4.78 is 14.2. The first kappa shape index (κ1) is 14.7. The molecule has 1 aromatic heterocycles. The van der Waals surface area contributed by atoms with E-state index in [0.29, 0.717) is 24.9 Å². The van der Waals surface area contributed by atoms with Crippen molar-refractivity contribution >= 4 is 5.91 Å². The van der Waals surface area contributed by atoms with Gasteiger partial charge >= 0.3 is 0 Å². The van der Waals surface area contributed by atoms with Crippen LogP contribution in [0.3, 0.4) is 0 Å². The normalized spacial score (nSPS) is 16.4. The number of halogens is 1. The van der Waals surface area contributed by atoms with Gasteiger partial charge in [-0.25, -0.2) is 4.39 Å². The molecule has 1 fully saturated rings. The largest absolute Gasteiger partial charge is 0.350 e. The molecule has 2 aromatic rings. The second-order valence-electron chi connectivity index (χ2n) is 5.77. The smallest absolute Gasteiger partial charge is 0.231 e. The van der Waals surface area contributed by atoms with Gasteiger partial charge in [0.1, 0.15) is 5.82 Å². The topological polar surface area (TPSA) is 42.0 Å². The molecule has 1 N–H and O–H groups in total. The van der Waals surface area contributed by atoms with E-state index in [1.165, 1.54) is 6.07 Å². The van der Waals surface area contributed by atoms with E-state index in [4.69, 9.17) is 0 Å². The van der Waals surface area contributed by atoms with Gasteiger partial charge in [-0.3, -0.25) is 9.78 Å². The molecule has 1 heterocycles. The Morgan fingerprint density at radius 1 is 1.14 bits per heavy atom. The zero-order valence-corrected chi connectivity index (χ0v) is 12.4. The van der Waals surface area contributed by atoms with E-state index in [1.54, 1.807) is 24.4 Å². The molecule has 0 saturated heterocycles. The molecule has 3 nitrogen and oxygen atoms in total. The van der Waals surface area contributed by atoms with Crippen LogP contribution in [0.25, 0.3) is 0 Å². The maximum Gasteiger partial charge on any atom is 0.231 e. The zero-order valence-electron chi connectivity index (χ0n) is 12.4. The number of carbonyl (C=O) groups is 1. The molecular formula is C18H19FN2O. The van der Waals surface area contributed by atoms with Gasteiger partial charge in [0.25, 0.3) is 0 Å². The molecule has 0 spiro atoms. The SMILES string of the molecule is O=C(NCc1ccccn1)C1(c2ccccc2F)CCCC1. The van der Waals surface area contributed by atoms with Gasteiger partial charge < -0.3 is 5.32 Å². The van der Waals surface area contributed by atoms with Crippen LogP contribution in [-0.4, -0.2) is 10.9 Å². The second-order valence-corrected chi connectivity index (χ2v) is 5.77. The lowest BCUT2D eigenvalue weighted by molar-refractivity contribution is -0.127. The number of amides is 1. The summed E-state index contributed by atoms with van der Waals surface area (Å²) in [7, 11) is 0. The molecule has 3 rings (SSSR count). The number of carbonyl (C=O) groups excluding carboxylic acids is 1. The van der Waals surface area contributed by atoms with Gasteiger partial charge in [0.15, 0.2) is 0 Å². The summed E-state index contributed by atoms with van der Waals surface area (Å²) in [5.74, 6) is -0.391. The Morgan fingerprint density at radius 3 is 2.55 bits per heavy atom. The average Bonchev–Trinajstić information content (AvgIpc) is 3.05. The number of rotatable bonds is 4. The van der Waals surface area contributed by atoms with E-state index in [2.05, 4.69) is 10.3 Å². The van der Waals surface area contributed by atoms with Gasteiger partial charge in [-0.15, -0.1) is 0 Å². The van der Waals surface area contributed by atoms with Crippen molar-refractivity contribution in [2.24, 2.45) is 0 Å². The average molecular weight is 298 g/mol. The fourth-order valence-corrected chi connectivity index (χ4v) is 3.29. The quantitative estimate of drug-likeness (QED) is 0.940. The zero-order chi connectivity index (χ0) is 15.4. The summed E-state index contributed by atoms with van der Waals surface area (Å²) in [6.07, 6.45) is 4.99. The molecule has 1 aliphatic carbocycles. The van der Waals surface area contributed by atoms with Gasteiger partial charge in [0.05, 0.1) is 17.7 Å². The van der Waals surface area contributed by atoms with Crippen LogP contribution in [0.15, 0.2) is 48.7 Å². The Morgan fingerprint density at radius 2 is 1.86 bits per heavy atom. The van der Waals surface area contributed by atoms with Gasteiger partial charge in [-0.1, -0.05) is 37.1 Å². The van der Waals surface area contributed by atoms with Gasteiger partial charge in [0.2, 0.25) is 5.91 Å². The highest BCUT2D eigenvalue weighted by Gasteiger charge is 2.44. The van der Waals surface area contributed by atoms with Crippen LogP contribution in [-0.2, 0) is 16.8 Å². The van der Waals surface area contributed by atoms with Crippen LogP contribution >= 0.6 is 0 Å². The third kappa shape index (κ3) is 2.73. The van der Waals surface area contributed by atoms with Gasteiger partial charge in [-0.2, -0.15) is 0 Å². The molecule has 1 amide bonds. The summed E-state index contributed by atoms with van der Waals surface area (Å²) >= 11 is 0. The summed E-state index contributed by atoms with van der Waals surface area (Å²) in [5.41, 5.74) is 0.587. The Kier molecular flexibility index (Phi) is 4.18. The number of pyridine rings is 1. The summed E-state index contributed by atoms with van der Waals surface area (Å²) in [4.78, 5) is 17.0. The van der Waals surface area contributed by atoms with Crippen molar-refractivity contribution in [2.75, 3.05) is 0 Å². The van der Waals surface area contributed by atoms with E-state index in [9.17, 15) is 9.18 Å². The highest BCUT2D eigenvalue weighted by molar-refractivity contribution is 5.88. The molecule has 0 bridgehead atoms. The molecule has 4 heteroatoms. The van der Waals surface area contributed by atoms with Crippen LogP contribution < -0.4 is 5.32 Å². The number of nitrogens with one attached hydrogen (secondary N) is 1. The molecule has 0 atom stereocenters. The fraction of sp³-hybridized carbons (Fsp3) is 0.333. The minimum absolute atomic E-state index is 0.0965. The van der Waals surface area contributed by atoms with Crippen molar-refractivity contribution in [3.05, 3.63) is 65.7 Å². The van der Waals surface area contributed by atoms with E-state index in [-0.39, 0.29) is 11.7 Å². The highest BCUT2D eigenvalue weighted by Crippen LogP contribution is 2.42. The van der Waals surface area contributed by atoms with E-state index >= 15 is 0 Å². The first-order valence-electron chi connectivity index (χ1n) is 7.66. The molecule has 0 unspecified atom stereocenters. The minimum atomic E-state index is -0.736. The van der Waals surface area contributed by atoms with Gasteiger partial charge in [0, 0.05) is 11.8 Å². The summed E-state index contributed by atoms with van der Waals surface area (Å²) in [6, 6.07) is 12.2. The Hall–Kier alpha value is -2.23. The Balaban J connectivity index is 1.82. The standard InChI is InChI=1S/C18H19FN2O/c19-16-9-2-1-8-15(16)18(10-4-5-11-18)17(22)21-13-14-7-3-6-12-20-14/h1-3,6-9,12H,4-5,10-11,13H2,(H,21,22). The lowest BCUT2D eigenvalue weighted by Crippen LogP contribution is -2.43. The predicted octanol–water partition coefficient (Wildman–Crippen LogP) is 3.35. The van der Waals surface area contributed by atoms with Crippen molar-refractivity contribution < 1.29 is 9.18 Å². The second kappa shape index (κ2) is 6.26. The number of hydrogen-bond donors (Lipinski definition) is 1. The molecule has 1 aromatic carbocycles. The Bertz CT molecular complexity index is 651. The van der Waals surface area contributed by atoms with Crippen molar-refractivity contribution in [3.8, 4) is 0 Å². The fourth-order valence-electron chi connectivity index (χ4n) is 3.29. The third-order valence-electron chi connectivity index (χ3n) is 4.44. The van der Waals surface area contributed by atoms with Crippen molar-refractivity contribution in [2.45, 2.75) is 37.6 Å². The van der Waals surface area contributed by atoms with Crippen molar-refractivity contribution in [1.29, 1.82) is 0 Å². The molecule has 114 valence electrons. The number of hydrogen-bond acceptors (Lipinski definition) is 2. The summed E-state index contributed by atoms with van der Waals surface area (Å²) in [5, 5.41) is 2.94. The first-order valence-corrected chi connectivity index (χ1v) is 7.66. The first-order chi connectivity index (χ1) is 10.7. The monoisotopic (exact) mass is 298 g/mol. The molecule has 1 aliphatic rings. The third-order valence-corrected chi connectivity index (χ3v) is 4.44. The number of aromatic nitrogens is 1. The molecule has 0 radical (unpaired) electrons. The molecular weight excluding hydrogens is 279 g/mol. The number of nitrogens with zero attached hydrogens (tertiary/aromatic N) is 1. The van der Waals surface area contributed by atoms with Crippen molar-refractivity contribution in [3.63, 3.8) is 0 Å². The summed E-state index contributed by atoms with van der Waals surface area (Å²) in [6.45, 7) is 0.371. The van der Waals surface area contributed by atoms with Crippen LogP contribution in [0.2, 0.25) is 0 Å². The highest BCUT2D eigenvalue weighted by atomic mass is 19.1. The van der Waals surface area contributed by atoms with E-state index in [1.807, 2.05) is 18.2 Å². The van der Waals surface area contributed by atoms with Crippen LogP contribution in [0.1, 0.15) is 36.9 Å². The van der Waals surface area contributed by atoms with Gasteiger partial charge in [-0.05, 0) is 31.0 Å². The Labute approximate surface area is 129 Å². The lowest BCUT2D eigenvalue weighted by Gasteiger charge is -2.28. The van der Waals surface area contributed by atoms with E-state index < -0.39 is 5.41 Å². The molecule has 22 heavy (non-hydrogen) atoms. The predicted molar refractivity (Wildman–Crippen MR) is 82.6 cm³/mol. The van der Waals surface area contributed by atoms with Crippen LogP contribution in [0.5, 0.6) is 0 Å². The van der Waals surface area contributed by atoms with Crippen molar-refractivity contribution in [1.82, 2.24) is 10.3 Å². The van der Waals surface area contributed by atoms with E-state index in [0.717, 1.165) is 18.5 Å². The van der Waals surface area contributed by atoms with Crippen LogP contribution in [0, 0.1) is 5.82 Å². The maximum absolute atomic E-state index is 14.2. The lowest BCUT2D eigenvalue weighted by atomic mass is 9.77. The van der Waals surface area contributed by atoms with Crippen LogP contribution in [0.4, 0.5) is 4.39 Å². The molecule has 1 saturated carbocycles. The minimum Gasteiger partial charge on any atom is -0.350 e. The molecule has 0 aliphatic heterocycles. The number of benzene rings is 1. The maximum atomic E-state index is 14.2.